The maximum atomic E-state index is 12.4. The van der Waals surface area contributed by atoms with Crippen LogP contribution in [0.2, 0.25) is 0 Å². The van der Waals surface area contributed by atoms with Gasteiger partial charge in [0.1, 0.15) is 0 Å². The zero-order valence-corrected chi connectivity index (χ0v) is 11.7. The molecule has 2 rings (SSSR count). The Labute approximate surface area is 114 Å². The molecule has 0 saturated carbocycles. The first-order valence-electron chi connectivity index (χ1n) is 6.45. The molecule has 4 nitrogen and oxygen atoms in total. The van der Waals surface area contributed by atoms with Gasteiger partial charge in [-0.25, -0.2) is 0 Å². The summed E-state index contributed by atoms with van der Waals surface area (Å²) in [4.78, 5) is 16.6. The Kier molecular flexibility index (Phi) is 3.59. The fraction of sp³-hybridized carbons (Fsp3) is 0.467. The van der Waals surface area contributed by atoms with E-state index in [1.165, 1.54) is 0 Å². The molecule has 0 bridgehead atoms. The number of hydrogen-bond donors (Lipinski definition) is 0. The van der Waals surface area contributed by atoms with Crippen LogP contribution in [0.1, 0.15) is 29.8 Å². The second-order valence-electron chi connectivity index (χ2n) is 5.65. The number of likely N-dealkylation sites (N-methyl/N-ethyl adjacent to an activating group) is 1. The van der Waals surface area contributed by atoms with Gasteiger partial charge in [0.25, 0.3) is 5.91 Å². The van der Waals surface area contributed by atoms with Gasteiger partial charge in [-0.05, 0) is 45.2 Å². The molecule has 100 valence electrons. The van der Waals surface area contributed by atoms with Gasteiger partial charge in [-0.1, -0.05) is 0 Å². The highest BCUT2D eigenvalue weighted by Gasteiger charge is 2.33. The number of rotatable bonds is 1. The number of hydrogen-bond acceptors (Lipinski definition) is 3. The first-order valence-corrected chi connectivity index (χ1v) is 6.45. The van der Waals surface area contributed by atoms with Crippen LogP contribution in [0.5, 0.6) is 0 Å². The van der Waals surface area contributed by atoms with Crippen molar-refractivity contribution in [2.24, 2.45) is 0 Å². The lowest BCUT2D eigenvalue weighted by molar-refractivity contribution is 0.0311. The molecule has 1 aromatic rings. The van der Waals surface area contributed by atoms with Crippen molar-refractivity contribution in [3.63, 3.8) is 0 Å². The second-order valence-corrected chi connectivity index (χ2v) is 5.65. The van der Waals surface area contributed by atoms with Gasteiger partial charge < -0.3 is 4.90 Å². The van der Waals surface area contributed by atoms with Crippen molar-refractivity contribution < 1.29 is 4.79 Å². The lowest BCUT2D eigenvalue weighted by atomic mass is 9.99. The molecule has 0 N–H and O–H groups in total. The highest BCUT2D eigenvalue weighted by Crippen LogP contribution is 2.20. The summed E-state index contributed by atoms with van der Waals surface area (Å²) in [5.41, 5.74) is 1.23. The van der Waals surface area contributed by atoms with Gasteiger partial charge in [-0.2, -0.15) is 5.26 Å². The standard InChI is InChI=1S/C15H19N3O/c1-15(2)11-18(9-8-17(15)3)14(19)13-6-4-12(10-16)5-7-13/h4-7H,8-9,11H2,1-3H3. The number of piperazine rings is 1. The van der Waals surface area contributed by atoms with Crippen LogP contribution in [-0.2, 0) is 0 Å². The quantitative estimate of drug-likeness (QED) is 0.769. The molecule has 1 amide bonds. The predicted molar refractivity (Wildman–Crippen MR) is 73.8 cm³/mol. The van der Waals surface area contributed by atoms with Gasteiger partial charge in [0.2, 0.25) is 0 Å². The van der Waals surface area contributed by atoms with Crippen LogP contribution in [0.4, 0.5) is 0 Å². The average Bonchev–Trinajstić information content (AvgIpc) is 2.41. The summed E-state index contributed by atoms with van der Waals surface area (Å²) in [5, 5.41) is 8.76. The summed E-state index contributed by atoms with van der Waals surface area (Å²) >= 11 is 0. The highest BCUT2D eigenvalue weighted by atomic mass is 16.2. The van der Waals surface area contributed by atoms with Crippen LogP contribution in [0.25, 0.3) is 0 Å². The monoisotopic (exact) mass is 257 g/mol. The number of carbonyl (C=O) groups excluding carboxylic acids is 1. The average molecular weight is 257 g/mol. The third-order valence-electron chi connectivity index (χ3n) is 3.86. The molecule has 0 radical (unpaired) electrons. The van der Waals surface area contributed by atoms with Gasteiger partial charge in [-0.3, -0.25) is 9.69 Å². The second kappa shape index (κ2) is 5.02. The van der Waals surface area contributed by atoms with Crippen molar-refractivity contribution in [1.29, 1.82) is 5.26 Å². The summed E-state index contributed by atoms with van der Waals surface area (Å²) in [7, 11) is 2.09. The number of carbonyl (C=O) groups is 1. The van der Waals surface area contributed by atoms with Crippen LogP contribution in [-0.4, -0.2) is 47.9 Å². The topological polar surface area (TPSA) is 47.3 Å². The minimum Gasteiger partial charge on any atom is -0.336 e. The molecular weight excluding hydrogens is 238 g/mol. The van der Waals surface area contributed by atoms with Crippen LogP contribution >= 0.6 is 0 Å². The van der Waals surface area contributed by atoms with Crippen molar-refractivity contribution in [3.05, 3.63) is 35.4 Å². The zero-order chi connectivity index (χ0) is 14.0. The minimum absolute atomic E-state index is 0.000501. The third-order valence-corrected chi connectivity index (χ3v) is 3.86. The Hall–Kier alpha value is -1.86. The molecule has 1 aromatic carbocycles. The Bertz CT molecular complexity index is 513. The van der Waals surface area contributed by atoms with Crippen LogP contribution in [0.3, 0.4) is 0 Å². The van der Waals surface area contributed by atoms with E-state index < -0.39 is 0 Å². The molecule has 1 aliphatic heterocycles. The molecule has 0 unspecified atom stereocenters. The molecule has 4 heteroatoms. The molecular formula is C15H19N3O. The maximum absolute atomic E-state index is 12.4. The van der Waals surface area contributed by atoms with Gasteiger partial charge in [0.15, 0.2) is 0 Å². The fourth-order valence-electron chi connectivity index (χ4n) is 2.28. The largest absolute Gasteiger partial charge is 0.336 e. The Morgan fingerprint density at radius 2 is 1.89 bits per heavy atom. The van der Waals surface area contributed by atoms with Crippen molar-refractivity contribution in [2.45, 2.75) is 19.4 Å². The lowest BCUT2D eigenvalue weighted by Crippen LogP contribution is -2.58. The van der Waals surface area contributed by atoms with Crippen molar-refractivity contribution in [1.82, 2.24) is 9.80 Å². The van der Waals surface area contributed by atoms with E-state index in [-0.39, 0.29) is 11.4 Å². The summed E-state index contributed by atoms with van der Waals surface area (Å²) < 4.78 is 0. The Morgan fingerprint density at radius 3 is 2.42 bits per heavy atom. The summed E-state index contributed by atoms with van der Waals surface area (Å²) in [6.45, 7) is 6.65. The van der Waals surface area contributed by atoms with Crippen LogP contribution in [0, 0.1) is 11.3 Å². The van der Waals surface area contributed by atoms with Crippen molar-refractivity contribution in [3.8, 4) is 6.07 Å². The van der Waals surface area contributed by atoms with E-state index in [4.69, 9.17) is 5.26 Å². The van der Waals surface area contributed by atoms with Crippen LogP contribution in [0.15, 0.2) is 24.3 Å². The molecule has 1 aliphatic rings. The zero-order valence-electron chi connectivity index (χ0n) is 11.7. The van der Waals surface area contributed by atoms with E-state index in [0.29, 0.717) is 11.1 Å². The van der Waals surface area contributed by atoms with Crippen LogP contribution < -0.4 is 0 Å². The SMILES string of the molecule is CN1CCN(C(=O)c2ccc(C#N)cc2)CC1(C)C. The molecule has 0 aliphatic carbocycles. The van der Waals surface area contributed by atoms with E-state index in [9.17, 15) is 4.79 Å². The Balaban J connectivity index is 2.14. The molecule has 1 fully saturated rings. The van der Waals surface area contributed by atoms with E-state index >= 15 is 0 Å². The smallest absolute Gasteiger partial charge is 0.253 e. The number of nitrogens with zero attached hydrogens (tertiary/aromatic N) is 3. The van der Waals surface area contributed by atoms with Gasteiger partial charge in [0.05, 0.1) is 11.6 Å². The van der Waals surface area contributed by atoms with E-state index in [0.717, 1.165) is 19.6 Å². The molecule has 0 atom stereocenters. The molecule has 1 saturated heterocycles. The number of amides is 1. The summed E-state index contributed by atoms with van der Waals surface area (Å²) in [5.74, 6) is 0.0469. The normalized spacial score (nSPS) is 18.9. The summed E-state index contributed by atoms with van der Waals surface area (Å²) in [6.07, 6.45) is 0. The van der Waals surface area contributed by atoms with Crippen molar-refractivity contribution in [2.75, 3.05) is 26.7 Å². The van der Waals surface area contributed by atoms with E-state index in [2.05, 4.69) is 31.9 Å². The molecule has 1 heterocycles. The first-order chi connectivity index (χ1) is 8.94. The van der Waals surface area contributed by atoms with E-state index in [1.807, 2.05) is 4.90 Å². The highest BCUT2D eigenvalue weighted by molar-refractivity contribution is 5.94. The van der Waals surface area contributed by atoms with Gasteiger partial charge in [0, 0.05) is 30.7 Å². The Morgan fingerprint density at radius 1 is 1.26 bits per heavy atom. The summed E-state index contributed by atoms with van der Waals surface area (Å²) in [6, 6.07) is 8.89. The first kappa shape index (κ1) is 13.6. The van der Waals surface area contributed by atoms with Gasteiger partial charge >= 0.3 is 0 Å². The number of benzene rings is 1. The van der Waals surface area contributed by atoms with E-state index in [1.54, 1.807) is 24.3 Å². The molecule has 19 heavy (non-hydrogen) atoms. The fourth-order valence-corrected chi connectivity index (χ4v) is 2.28. The molecule has 0 aromatic heterocycles. The minimum atomic E-state index is 0.000501. The lowest BCUT2D eigenvalue weighted by Gasteiger charge is -2.45. The third kappa shape index (κ3) is 2.77. The van der Waals surface area contributed by atoms with Crippen molar-refractivity contribution >= 4 is 5.91 Å². The molecule has 0 spiro atoms. The maximum Gasteiger partial charge on any atom is 0.253 e. The predicted octanol–water partition coefficient (Wildman–Crippen LogP) is 1.72. The van der Waals surface area contributed by atoms with Gasteiger partial charge in [-0.15, -0.1) is 0 Å². The number of nitriles is 1.